The fourth-order valence-corrected chi connectivity index (χ4v) is 11.1. The van der Waals surface area contributed by atoms with E-state index in [0.29, 0.717) is 97.7 Å². The van der Waals surface area contributed by atoms with E-state index in [9.17, 15) is 27.8 Å². The summed E-state index contributed by atoms with van der Waals surface area (Å²) in [5.74, 6) is 0.265. The number of benzene rings is 2. The number of pyridine rings is 2. The molecule has 4 N–H and O–H groups in total. The van der Waals surface area contributed by atoms with Crippen molar-refractivity contribution in [3.63, 3.8) is 0 Å². The maximum Gasteiger partial charge on any atom is 0.229 e. The van der Waals surface area contributed by atoms with Crippen molar-refractivity contribution in [3.8, 4) is 22.5 Å². The third-order valence-electron chi connectivity index (χ3n) is 14.1. The van der Waals surface area contributed by atoms with Crippen LogP contribution in [0.4, 0.5) is 41.1 Å². The number of hydrogen-bond donors (Lipinski definition) is 4. The Labute approximate surface area is 462 Å². The van der Waals surface area contributed by atoms with Gasteiger partial charge in [-0.05, 0) is 117 Å². The second kappa shape index (κ2) is 23.9. The molecule has 0 spiro atoms. The van der Waals surface area contributed by atoms with Gasteiger partial charge in [-0.1, -0.05) is 12.1 Å². The van der Waals surface area contributed by atoms with Gasteiger partial charge < -0.3 is 39.5 Å². The monoisotopic (exact) mass is 1100 g/mol. The minimum atomic E-state index is -0.659. The molecule has 0 bridgehead atoms. The molecule has 2 aliphatic rings. The molecular formula is C58H70F4N14O4. The number of fused-ring (bicyclic) bond motifs is 2. The summed E-state index contributed by atoms with van der Waals surface area (Å²) in [7, 11) is 0. The van der Waals surface area contributed by atoms with E-state index in [1.807, 2.05) is 88.8 Å². The van der Waals surface area contributed by atoms with Crippen LogP contribution in [0.3, 0.4) is 0 Å². The van der Waals surface area contributed by atoms with Gasteiger partial charge in [-0.3, -0.25) is 9.80 Å². The lowest BCUT2D eigenvalue weighted by Gasteiger charge is -2.41. The average molecular weight is 1100 g/mol. The number of nitrogens with zero attached hydrogens (tertiary/aromatic N) is 12. The predicted molar refractivity (Wildman–Crippen MR) is 298 cm³/mol. The third-order valence-corrected chi connectivity index (χ3v) is 14.1. The molecule has 0 aliphatic carbocycles. The lowest BCUT2D eigenvalue weighted by atomic mass is 9.96. The second-order valence-corrected chi connectivity index (χ2v) is 22.2. The van der Waals surface area contributed by atoms with Crippen LogP contribution in [0.2, 0.25) is 0 Å². The molecular weight excluding hydrogens is 1030 g/mol. The molecule has 8 heterocycles. The Morgan fingerprint density at radius 2 is 0.950 bits per heavy atom. The van der Waals surface area contributed by atoms with Crippen molar-refractivity contribution in [1.82, 2.24) is 58.8 Å². The second-order valence-electron chi connectivity index (χ2n) is 22.2. The molecule has 0 amide bonds. The van der Waals surface area contributed by atoms with Crippen molar-refractivity contribution in [3.05, 3.63) is 119 Å². The highest BCUT2D eigenvalue weighted by molar-refractivity contribution is 5.84. The highest BCUT2D eigenvalue weighted by atomic mass is 19.1. The van der Waals surface area contributed by atoms with Crippen LogP contribution in [-0.2, 0) is 22.6 Å². The maximum atomic E-state index is 15.0. The first-order chi connectivity index (χ1) is 38.0. The highest BCUT2D eigenvalue weighted by Crippen LogP contribution is 2.33. The molecule has 2 saturated heterocycles. The summed E-state index contributed by atoms with van der Waals surface area (Å²) in [4.78, 5) is 39.0. The number of aryl methyl sites for hydroxylation is 2. The molecule has 80 heavy (non-hydrogen) atoms. The van der Waals surface area contributed by atoms with E-state index < -0.39 is 35.5 Å². The fourth-order valence-electron chi connectivity index (χ4n) is 11.1. The normalized spacial score (nSPS) is 18.9. The van der Waals surface area contributed by atoms with Crippen LogP contribution in [0.25, 0.3) is 44.6 Å². The van der Waals surface area contributed by atoms with Crippen molar-refractivity contribution >= 4 is 45.6 Å². The Balaban J connectivity index is 0.000000194. The minimum Gasteiger partial charge on any atom is -0.393 e. The lowest BCUT2D eigenvalue weighted by molar-refractivity contribution is -0.117. The highest BCUT2D eigenvalue weighted by Gasteiger charge is 2.35. The summed E-state index contributed by atoms with van der Waals surface area (Å²) >= 11 is 0. The van der Waals surface area contributed by atoms with Crippen molar-refractivity contribution in [2.45, 2.75) is 131 Å². The zero-order chi connectivity index (χ0) is 57.2. The van der Waals surface area contributed by atoms with Gasteiger partial charge in [0.25, 0.3) is 0 Å². The van der Waals surface area contributed by atoms with E-state index in [1.165, 1.54) is 12.1 Å². The molecule has 18 nitrogen and oxygen atoms in total. The Hall–Kier alpha value is -7.08. The van der Waals surface area contributed by atoms with Crippen molar-refractivity contribution < 1.29 is 37.2 Å². The number of aromatic nitrogens is 10. The van der Waals surface area contributed by atoms with Crippen molar-refractivity contribution in [2.75, 3.05) is 50.0 Å². The smallest absolute Gasteiger partial charge is 0.229 e. The standard InChI is InChI=1S/2C29H35F2N7O2/c2*1-17(2)38-19(4)34-27-22(30)10-21(11-24(27)38)26-23(31)14-33-28(36-26)35-25-7-6-20(13-32-25)15-37-8-9-40-29(5,16-37)12-18(3)39/h2*6-7,10-11,13-14,17-18,39H,8-9,12,15-16H2,1-5H3,(H,32,33,35,36)/t18-,29+;18-,29-/m10/s1. The first kappa shape index (κ1) is 57.6. The minimum absolute atomic E-state index is 0.0170. The molecule has 8 aromatic rings. The number of hydrogen-bond acceptors (Lipinski definition) is 16. The number of rotatable bonds is 16. The number of imidazole rings is 2. The Kier molecular flexibility index (Phi) is 17.2. The SMILES string of the molecule is Cc1nc2c(F)cc(-c3nc(Nc4ccc(CN5CCO[C@@](C)(C[C@@H](C)O)C5)cn4)ncc3F)cc2n1C(C)C.Cc1nc2c(F)cc(-c3nc(Nc4ccc(CN5CCO[C@@](C)(C[C@H](C)O)C5)cn4)ncc3F)cc2n1C(C)C. The first-order valence-corrected chi connectivity index (χ1v) is 27.0. The van der Waals surface area contributed by atoms with Crippen molar-refractivity contribution in [2.24, 2.45) is 0 Å². The Morgan fingerprint density at radius 1 is 0.550 bits per heavy atom. The molecule has 22 heteroatoms. The zero-order valence-corrected chi connectivity index (χ0v) is 46.9. The van der Waals surface area contributed by atoms with Crippen LogP contribution in [0, 0.1) is 37.1 Å². The number of aliphatic hydroxyl groups excluding tert-OH is 2. The summed E-state index contributed by atoms with van der Waals surface area (Å²) in [5.41, 5.74) is 3.48. The number of anilines is 4. The van der Waals surface area contributed by atoms with Gasteiger partial charge in [-0.25, -0.2) is 57.4 Å². The van der Waals surface area contributed by atoms with Crippen LogP contribution in [-0.4, -0.2) is 132 Å². The maximum absolute atomic E-state index is 15.0. The van der Waals surface area contributed by atoms with Crippen LogP contribution >= 0.6 is 0 Å². The summed E-state index contributed by atoms with van der Waals surface area (Å²) in [5, 5.41) is 25.7. The fraction of sp³-hybridized carbons (Fsp3) is 0.448. The van der Waals surface area contributed by atoms with Gasteiger partial charge in [0, 0.05) is 87.7 Å². The quantitative estimate of drug-likeness (QED) is 0.0665. The van der Waals surface area contributed by atoms with E-state index in [2.05, 4.69) is 60.3 Å². The number of nitrogens with one attached hydrogen (secondary N) is 2. The summed E-state index contributed by atoms with van der Waals surface area (Å²) in [6, 6.07) is 13.6. The first-order valence-electron chi connectivity index (χ1n) is 27.0. The van der Waals surface area contributed by atoms with Gasteiger partial charge in [0.15, 0.2) is 23.3 Å². The molecule has 0 radical (unpaired) electrons. The number of halogens is 4. The predicted octanol–water partition coefficient (Wildman–Crippen LogP) is 10.3. The van der Waals surface area contributed by atoms with Crippen LogP contribution in [0.15, 0.2) is 73.3 Å². The van der Waals surface area contributed by atoms with Crippen LogP contribution in [0.5, 0.6) is 0 Å². The van der Waals surface area contributed by atoms with E-state index in [-0.39, 0.29) is 57.6 Å². The summed E-state index contributed by atoms with van der Waals surface area (Å²) < 4.78 is 75.4. The zero-order valence-electron chi connectivity index (χ0n) is 46.9. The molecule has 10 rings (SSSR count). The Bertz CT molecular complexity index is 3240. The van der Waals surface area contributed by atoms with Crippen LogP contribution in [0.1, 0.15) is 103 Å². The molecule has 2 fully saturated rings. The summed E-state index contributed by atoms with van der Waals surface area (Å²) in [6.45, 7) is 24.8. The molecule has 4 atom stereocenters. The number of aliphatic hydroxyl groups is 2. The number of ether oxygens (including phenoxy) is 2. The van der Waals surface area contributed by atoms with Gasteiger partial charge in [0.1, 0.15) is 45.7 Å². The molecule has 0 saturated carbocycles. The molecule has 6 aromatic heterocycles. The van der Waals surface area contributed by atoms with Gasteiger partial charge in [-0.15, -0.1) is 0 Å². The third kappa shape index (κ3) is 13.4. The summed E-state index contributed by atoms with van der Waals surface area (Å²) in [6.07, 6.45) is 5.96. The van der Waals surface area contributed by atoms with E-state index in [4.69, 9.17) is 9.47 Å². The van der Waals surface area contributed by atoms with Crippen molar-refractivity contribution in [1.29, 1.82) is 0 Å². The van der Waals surface area contributed by atoms with E-state index >= 15 is 0 Å². The molecule has 2 aliphatic heterocycles. The van der Waals surface area contributed by atoms with Gasteiger partial charge in [0.2, 0.25) is 11.9 Å². The van der Waals surface area contributed by atoms with E-state index in [1.54, 1.807) is 38.4 Å². The number of morpholine rings is 2. The lowest BCUT2D eigenvalue weighted by Crippen LogP contribution is -2.50. The van der Waals surface area contributed by atoms with Gasteiger partial charge in [-0.2, -0.15) is 0 Å². The van der Waals surface area contributed by atoms with Crippen LogP contribution < -0.4 is 10.6 Å². The topological polar surface area (TPSA) is 202 Å². The van der Waals surface area contributed by atoms with E-state index in [0.717, 1.165) is 36.6 Å². The molecule has 2 aromatic carbocycles. The average Bonchev–Trinajstić information content (AvgIpc) is 3.92. The molecule has 424 valence electrons. The molecule has 0 unspecified atom stereocenters. The largest absolute Gasteiger partial charge is 0.393 e. The van der Waals surface area contributed by atoms with Gasteiger partial charge >= 0.3 is 0 Å². The van der Waals surface area contributed by atoms with Gasteiger partial charge in [0.05, 0.1) is 60.1 Å². The Morgan fingerprint density at radius 3 is 1.30 bits per heavy atom.